The molecule has 1 fully saturated rings. The molecule has 3 aromatic carbocycles. The molecular weight excluding hydrogens is 398 g/mol. The highest BCUT2D eigenvalue weighted by molar-refractivity contribution is 6.30. The number of hydrogen-bond donors (Lipinski definition) is 1. The fourth-order valence-electron chi connectivity index (χ4n) is 3.83. The van der Waals surface area contributed by atoms with Crippen LogP contribution in [-0.4, -0.2) is 15.8 Å². The van der Waals surface area contributed by atoms with Crippen LogP contribution in [0.15, 0.2) is 83.7 Å². The predicted octanol–water partition coefficient (Wildman–Crippen LogP) is 4.59. The highest BCUT2D eigenvalue weighted by Gasteiger charge is 2.44. The lowest BCUT2D eigenvalue weighted by Gasteiger charge is -2.12. The van der Waals surface area contributed by atoms with Gasteiger partial charge in [0.25, 0.3) is 5.56 Å². The number of aromatic nitrogens is 2. The molecule has 5 rings (SSSR count). The molecule has 1 N–H and O–H groups in total. The van der Waals surface area contributed by atoms with Gasteiger partial charge in [-0.3, -0.25) is 9.59 Å². The van der Waals surface area contributed by atoms with Gasteiger partial charge >= 0.3 is 0 Å². The Bertz CT molecular complexity index is 1300. The number of halogens is 1. The molecule has 1 aliphatic rings. The Morgan fingerprint density at radius 1 is 0.933 bits per heavy atom. The van der Waals surface area contributed by atoms with Crippen LogP contribution >= 0.6 is 11.6 Å². The summed E-state index contributed by atoms with van der Waals surface area (Å²) in [6.07, 6.45) is 0.766. The van der Waals surface area contributed by atoms with Crippen LogP contribution in [0.4, 0.5) is 0 Å². The minimum absolute atomic E-state index is 0.161. The number of fused-ring (bicyclic) bond motifs is 1. The van der Waals surface area contributed by atoms with Crippen LogP contribution < -0.4 is 11.0 Å². The first-order chi connectivity index (χ1) is 14.6. The van der Waals surface area contributed by atoms with Crippen molar-refractivity contribution in [2.75, 3.05) is 5.43 Å². The second kappa shape index (κ2) is 7.43. The fraction of sp³-hybridized carbons (Fsp3) is 0.125. The highest BCUT2D eigenvalue weighted by Crippen LogP contribution is 2.47. The first-order valence-corrected chi connectivity index (χ1v) is 10.1. The number of nitrogens with zero attached hydrogens (tertiary/aromatic N) is 2. The Morgan fingerprint density at radius 3 is 2.33 bits per heavy atom. The number of carbonyl (C=O) groups excluding carboxylic acids is 1. The normalized spacial score (nSPS) is 17.6. The Labute approximate surface area is 177 Å². The van der Waals surface area contributed by atoms with Crippen molar-refractivity contribution < 1.29 is 4.79 Å². The summed E-state index contributed by atoms with van der Waals surface area (Å²) >= 11 is 6.02. The third-order valence-corrected chi connectivity index (χ3v) is 5.75. The monoisotopic (exact) mass is 415 g/mol. The van der Waals surface area contributed by atoms with Crippen molar-refractivity contribution in [3.63, 3.8) is 0 Å². The Balaban J connectivity index is 1.50. The average molecular weight is 416 g/mol. The number of benzene rings is 3. The first kappa shape index (κ1) is 18.6. The van der Waals surface area contributed by atoms with Gasteiger partial charge < -0.3 is 0 Å². The standard InChI is InChI=1S/C24H18ClN3O2/c25-17-12-10-16(11-13-17)22-18-8-4-5-9-19(18)24(30)28(26-22)27-23(29)21-14-20(21)15-6-2-1-3-7-15/h1-13,20-21H,14H2,(H,27,29). The van der Waals surface area contributed by atoms with E-state index in [9.17, 15) is 9.59 Å². The summed E-state index contributed by atoms with van der Waals surface area (Å²) in [7, 11) is 0. The molecule has 0 bridgehead atoms. The van der Waals surface area contributed by atoms with Crippen LogP contribution in [0.25, 0.3) is 22.0 Å². The average Bonchev–Trinajstić information content (AvgIpc) is 3.58. The van der Waals surface area contributed by atoms with Crippen molar-refractivity contribution in [3.8, 4) is 11.3 Å². The molecule has 1 heterocycles. The van der Waals surface area contributed by atoms with E-state index in [1.165, 1.54) is 0 Å². The number of nitrogens with one attached hydrogen (secondary N) is 1. The summed E-state index contributed by atoms with van der Waals surface area (Å²) < 4.78 is 0. The molecule has 0 saturated heterocycles. The van der Waals surface area contributed by atoms with Gasteiger partial charge in [-0.05, 0) is 36.1 Å². The second-order valence-electron chi connectivity index (χ2n) is 7.45. The third-order valence-electron chi connectivity index (χ3n) is 5.49. The molecule has 1 aromatic heterocycles. The van der Waals surface area contributed by atoms with Gasteiger partial charge in [-0.25, -0.2) is 5.43 Å². The molecule has 1 amide bonds. The van der Waals surface area contributed by atoms with Crippen molar-refractivity contribution in [1.29, 1.82) is 0 Å². The summed E-state index contributed by atoms with van der Waals surface area (Å²) in [5.74, 6) is -0.180. The molecule has 2 atom stereocenters. The number of carbonyl (C=O) groups is 1. The lowest BCUT2D eigenvalue weighted by Crippen LogP contribution is -2.36. The maximum Gasteiger partial charge on any atom is 0.294 e. The molecule has 4 aromatic rings. The molecule has 1 aliphatic carbocycles. The number of amides is 1. The van der Waals surface area contributed by atoms with E-state index in [2.05, 4.69) is 10.5 Å². The van der Waals surface area contributed by atoms with Crippen LogP contribution in [-0.2, 0) is 4.79 Å². The van der Waals surface area contributed by atoms with Crippen LogP contribution in [0.3, 0.4) is 0 Å². The van der Waals surface area contributed by atoms with E-state index in [0.717, 1.165) is 27.7 Å². The molecule has 30 heavy (non-hydrogen) atoms. The van der Waals surface area contributed by atoms with Gasteiger partial charge in [0.1, 0.15) is 5.69 Å². The molecule has 0 radical (unpaired) electrons. The van der Waals surface area contributed by atoms with Gasteiger partial charge in [0.2, 0.25) is 5.91 Å². The van der Waals surface area contributed by atoms with Crippen molar-refractivity contribution >= 4 is 28.3 Å². The molecule has 2 unspecified atom stereocenters. The van der Waals surface area contributed by atoms with E-state index in [4.69, 9.17) is 11.6 Å². The Morgan fingerprint density at radius 2 is 1.60 bits per heavy atom. The largest absolute Gasteiger partial charge is 0.294 e. The number of hydrogen-bond acceptors (Lipinski definition) is 3. The molecule has 5 nitrogen and oxygen atoms in total. The van der Waals surface area contributed by atoms with Crippen LogP contribution in [0.2, 0.25) is 5.02 Å². The van der Waals surface area contributed by atoms with Crippen molar-refractivity contribution in [2.45, 2.75) is 12.3 Å². The molecule has 1 saturated carbocycles. The van der Waals surface area contributed by atoms with Crippen LogP contribution in [0, 0.1) is 5.92 Å². The van der Waals surface area contributed by atoms with Gasteiger partial charge in [-0.2, -0.15) is 0 Å². The van der Waals surface area contributed by atoms with E-state index in [1.807, 2.05) is 54.6 Å². The van der Waals surface area contributed by atoms with Crippen LogP contribution in [0.1, 0.15) is 17.9 Å². The summed E-state index contributed by atoms with van der Waals surface area (Å²) in [6.45, 7) is 0. The molecule has 0 spiro atoms. The minimum Gasteiger partial charge on any atom is -0.273 e. The van der Waals surface area contributed by atoms with Crippen LogP contribution in [0.5, 0.6) is 0 Å². The van der Waals surface area contributed by atoms with Gasteiger partial charge in [-0.1, -0.05) is 72.3 Å². The van der Waals surface area contributed by atoms with Gasteiger partial charge in [0, 0.05) is 21.9 Å². The van der Waals surface area contributed by atoms with Gasteiger partial charge in [0.05, 0.1) is 5.39 Å². The molecule has 0 aliphatic heterocycles. The van der Waals surface area contributed by atoms with Crippen molar-refractivity contribution in [2.24, 2.45) is 5.92 Å². The predicted molar refractivity (Wildman–Crippen MR) is 118 cm³/mol. The lowest BCUT2D eigenvalue weighted by atomic mass is 10.1. The maximum absolute atomic E-state index is 13.0. The van der Waals surface area contributed by atoms with E-state index in [0.29, 0.717) is 16.1 Å². The smallest absolute Gasteiger partial charge is 0.273 e. The second-order valence-corrected chi connectivity index (χ2v) is 7.89. The third kappa shape index (κ3) is 3.37. The van der Waals surface area contributed by atoms with Crippen molar-refractivity contribution in [1.82, 2.24) is 9.89 Å². The highest BCUT2D eigenvalue weighted by atomic mass is 35.5. The van der Waals surface area contributed by atoms with Gasteiger partial charge in [0.15, 0.2) is 0 Å². The Hall–Kier alpha value is -3.44. The summed E-state index contributed by atoms with van der Waals surface area (Å²) in [5, 5.41) is 6.31. The van der Waals surface area contributed by atoms with E-state index < -0.39 is 0 Å². The SMILES string of the molecule is O=C(Nn1nc(-c2ccc(Cl)cc2)c2ccccc2c1=O)C1CC1c1ccccc1. The number of rotatable bonds is 4. The summed E-state index contributed by atoms with van der Waals surface area (Å²) in [4.78, 5) is 26.8. The zero-order valence-corrected chi connectivity index (χ0v) is 16.7. The zero-order chi connectivity index (χ0) is 20.7. The molecule has 148 valence electrons. The van der Waals surface area contributed by atoms with Crippen molar-refractivity contribution in [3.05, 3.63) is 99.8 Å². The fourth-order valence-corrected chi connectivity index (χ4v) is 3.95. The summed E-state index contributed by atoms with van der Waals surface area (Å²) in [5.41, 5.74) is 4.92. The minimum atomic E-state index is -0.353. The first-order valence-electron chi connectivity index (χ1n) is 9.75. The zero-order valence-electron chi connectivity index (χ0n) is 16.0. The van der Waals surface area contributed by atoms with E-state index >= 15 is 0 Å². The lowest BCUT2D eigenvalue weighted by molar-refractivity contribution is -0.118. The summed E-state index contributed by atoms with van der Waals surface area (Å²) in [6, 6.07) is 24.4. The maximum atomic E-state index is 13.0. The van der Waals surface area contributed by atoms with E-state index in [-0.39, 0.29) is 23.3 Å². The quantitative estimate of drug-likeness (QED) is 0.530. The van der Waals surface area contributed by atoms with Gasteiger partial charge in [-0.15, -0.1) is 9.89 Å². The molecule has 6 heteroatoms. The van der Waals surface area contributed by atoms with E-state index in [1.54, 1.807) is 24.3 Å². The molecular formula is C24H18ClN3O2. The topological polar surface area (TPSA) is 64.0 Å². The Kier molecular flexibility index (Phi) is 4.60.